The van der Waals surface area contributed by atoms with Crippen molar-refractivity contribution in [2.45, 2.75) is 4.90 Å². The average Bonchev–Trinajstić information content (AvgIpc) is 2.73. The number of pyridine rings is 1. The van der Waals surface area contributed by atoms with Crippen LogP contribution in [-0.4, -0.2) is 55.8 Å². The van der Waals surface area contributed by atoms with Gasteiger partial charge in [0.25, 0.3) is 11.8 Å². The summed E-state index contributed by atoms with van der Waals surface area (Å²) in [6.07, 6.45) is 2.80. The monoisotopic (exact) mass is 408 g/mol. The van der Waals surface area contributed by atoms with Crippen LogP contribution in [0.1, 0.15) is 20.7 Å². The molecule has 2 aromatic rings. The van der Waals surface area contributed by atoms with Crippen molar-refractivity contribution in [3.8, 4) is 0 Å². The molecule has 0 bridgehead atoms. The molecule has 2 amide bonds. The number of hydrogen-bond donors (Lipinski definition) is 2. The summed E-state index contributed by atoms with van der Waals surface area (Å²) in [5.74, 6) is -2.54. The first-order valence-corrected chi connectivity index (χ1v) is 9.72. The summed E-state index contributed by atoms with van der Waals surface area (Å²) >= 11 is 0. The Balaban J connectivity index is 1.75. The molecule has 0 radical (unpaired) electrons. The van der Waals surface area contributed by atoms with Gasteiger partial charge in [-0.3, -0.25) is 25.4 Å². The molecule has 0 saturated carbocycles. The molecule has 11 heteroatoms. The van der Waals surface area contributed by atoms with Crippen molar-refractivity contribution < 1.29 is 27.1 Å². The molecule has 9 nitrogen and oxygen atoms in total. The average molecular weight is 408 g/mol. The van der Waals surface area contributed by atoms with Crippen molar-refractivity contribution >= 4 is 21.8 Å². The Kier molecular flexibility index (Phi) is 5.97. The fourth-order valence-electron chi connectivity index (χ4n) is 2.53. The third-order valence-electron chi connectivity index (χ3n) is 4.02. The molecule has 0 atom stereocenters. The Hall–Kier alpha value is -2.89. The van der Waals surface area contributed by atoms with E-state index in [2.05, 4.69) is 15.8 Å². The summed E-state index contributed by atoms with van der Waals surface area (Å²) in [5.41, 5.74) is 3.93. The van der Waals surface area contributed by atoms with Crippen LogP contribution in [0.2, 0.25) is 0 Å². The SMILES string of the molecule is O=C(NNC(=O)c1cc(S(=O)(=O)N2CCOCC2)ccc1F)c1ccncc1. The van der Waals surface area contributed by atoms with Gasteiger partial charge in [0.15, 0.2) is 0 Å². The number of carbonyl (C=O) groups excluding carboxylic acids is 2. The fraction of sp³-hybridized carbons (Fsp3) is 0.235. The Morgan fingerprint density at radius 2 is 1.68 bits per heavy atom. The molecule has 1 aliphatic rings. The number of amides is 2. The van der Waals surface area contributed by atoms with Gasteiger partial charge in [-0.15, -0.1) is 0 Å². The van der Waals surface area contributed by atoms with Gasteiger partial charge >= 0.3 is 0 Å². The summed E-state index contributed by atoms with van der Waals surface area (Å²) in [4.78, 5) is 27.7. The molecule has 148 valence electrons. The highest BCUT2D eigenvalue weighted by molar-refractivity contribution is 7.89. The highest BCUT2D eigenvalue weighted by Crippen LogP contribution is 2.20. The maximum Gasteiger partial charge on any atom is 0.272 e. The number of sulfonamides is 1. The molecule has 3 rings (SSSR count). The van der Waals surface area contributed by atoms with Crippen LogP contribution in [0.5, 0.6) is 0 Å². The van der Waals surface area contributed by atoms with E-state index >= 15 is 0 Å². The Bertz CT molecular complexity index is 978. The van der Waals surface area contributed by atoms with Crippen molar-refractivity contribution in [2.24, 2.45) is 0 Å². The molecule has 0 aliphatic carbocycles. The van der Waals surface area contributed by atoms with E-state index in [4.69, 9.17) is 4.74 Å². The number of carbonyl (C=O) groups is 2. The summed E-state index contributed by atoms with van der Waals surface area (Å²) in [5, 5.41) is 0. The van der Waals surface area contributed by atoms with Crippen LogP contribution in [0.3, 0.4) is 0 Å². The zero-order chi connectivity index (χ0) is 20.1. The number of aromatic nitrogens is 1. The minimum atomic E-state index is -3.90. The first-order chi connectivity index (χ1) is 13.4. The largest absolute Gasteiger partial charge is 0.379 e. The minimum Gasteiger partial charge on any atom is -0.379 e. The van der Waals surface area contributed by atoms with Crippen LogP contribution in [0, 0.1) is 5.82 Å². The van der Waals surface area contributed by atoms with Gasteiger partial charge in [0, 0.05) is 31.0 Å². The number of morpholine rings is 1. The first-order valence-electron chi connectivity index (χ1n) is 8.28. The molecule has 1 aliphatic heterocycles. The van der Waals surface area contributed by atoms with Crippen molar-refractivity contribution in [3.05, 3.63) is 59.7 Å². The van der Waals surface area contributed by atoms with Gasteiger partial charge < -0.3 is 4.74 Å². The smallest absolute Gasteiger partial charge is 0.272 e. The molecule has 2 heterocycles. The maximum absolute atomic E-state index is 14.1. The van der Waals surface area contributed by atoms with Crippen molar-refractivity contribution in [1.29, 1.82) is 0 Å². The van der Waals surface area contributed by atoms with Crippen molar-refractivity contribution in [2.75, 3.05) is 26.3 Å². The van der Waals surface area contributed by atoms with E-state index in [1.54, 1.807) is 0 Å². The number of nitrogens with one attached hydrogen (secondary N) is 2. The molecular formula is C17H17FN4O5S. The number of halogens is 1. The van der Waals surface area contributed by atoms with Gasteiger partial charge in [0.1, 0.15) is 5.82 Å². The van der Waals surface area contributed by atoms with Gasteiger partial charge in [0.2, 0.25) is 10.0 Å². The lowest BCUT2D eigenvalue weighted by atomic mass is 10.2. The molecule has 1 aromatic carbocycles. The van der Waals surface area contributed by atoms with E-state index in [-0.39, 0.29) is 36.8 Å². The molecule has 28 heavy (non-hydrogen) atoms. The molecule has 1 saturated heterocycles. The van der Waals surface area contributed by atoms with E-state index < -0.39 is 33.2 Å². The summed E-state index contributed by atoms with van der Waals surface area (Å²) in [6.45, 7) is 0.857. The van der Waals surface area contributed by atoms with Crippen LogP contribution in [0.15, 0.2) is 47.6 Å². The summed E-state index contributed by atoms with van der Waals surface area (Å²) in [7, 11) is -3.90. The topological polar surface area (TPSA) is 118 Å². The quantitative estimate of drug-likeness (QED) is 0.704. The standard InChI is InChI=1S/C17H17FN4O5S/c18-15-2-1-13(28(25,26)22-7-9-27-10-8-22)11-14(15)17(24)21-20-16(23)12-3-5-19-6-4-12/h1-6,11H,7-10H2,(H,20,23)(H,21,24). The van der Waals surface area contributed by atoms with E-state index in [1.165, 1.54) is 28.8 Å². The van der Waals surface area contributed by atoms with Crippen LogP contribution in [-0.2, 0) is 14.8 Å². The molecule has 1 fully saturated rings. The van der Waals surface area contributed by atoms with Gasteiger partial charge in [0.05, 0.1) is 23.7 Å². The molecule has 2 N–H and O–H groups in total. The Morgan fingerprint density at radius 3 is 2.36 bits per heavy atom. The molecule has 1 aromatic heterocycles. The van der Waals surface area contributed by atoms with Crippen LogP contribution in [0.25, 0.3) is 0 Å². The summed E-state index contributed by atoms with van der Waals surface area (Å²) in [6, 6.07) is 5.78. The second kappa shape index (κ2) is 8.42. The summed E-state index contributed by atoms with van der Waals surface area (Å²) < 4.78 is 45.8. The van der Waals surface area contributed by atoms with Crippen LogP contribution < -0.4 is 10.9 Å². The highest BCUT2D eigenvalue weighted by Gasteiger charge is 2.28. The van der Waals surface area contributed by atoms with E-state index in [0.29, 0.717) is 0 Å². The van der Waals surface area contributed by atoms with Crippen molar-refractivity contribution in [3.63, 3.8) is 0 Å². The Labute approximate surface area is 160 Å². The predicted molar refractivity (Wildman–Crippen MR) is 95.1 cm³/mol. The second-order valence-corrected chi connectivity index (χ2v) is 7.74. The Morgan fingerprint density at radius 1 is 1.04 bits per heavy atom. The van der Waals surface area contributed by atoms with Gasteiger partial charge in [-0.25, -0.2) is 12.8 Å². The molecule has 0 unspecified atom stereocenters. The zero-order valence-corrected chi connectivity index (χ0v) is 15.4. The maximum atomic E-state index is 14.1. The van der Waals surface area contributed by atoms with Crippen molar-refractivity contribution in [1.82, 2.24) is 20.1 Å². The van der Waals surface area contributed by atoms with E-state index in [1.807, 2.05) is 0 Å². The number of ether oxygens (including phenoxy) is 1. The van der Waals surface area contributed by atoms with Gasteiger partial charge in [-0.05, 0) is 30.3 Å². The van der Waals surface area contributed by atoms with Crippen LogP contribution >= 0.6 is 0 Å². The fourth-order valence-corrected chi connectivity index (χ4v) is 3.97. The van der Waals surface area contributed by atoms with Crippen LogP contribution in [0.4, 0.5) is 4.39 Å². The lowest BCUT2D eigenvalue weighted by molar-refractivity contribution is 0.0730. The normalized spacial score (nSPS) is 15.0. The molecular weight excluding hydrogens is 391 g/mol. The molecule has 0 spiro atoms. The lowest BCUT2D eigenvalue weighted by Crippen LogP contribution is -2.42. The first kappa shape index (κ1) is 19.9. The zero-order valence-electron chi connectivity index (χ0n) is 14.6. The lowest BCUT2D eigenvalue weighted by Gasteiger charge is -2.26. The number of hydrazine groups is 1. The number of benzene rings is 1. The number of hydrogen-bond acceptors (Lipinski definition) is 6. The minimum absolute atomic E-state index is 0.170. The highest BCUT2D eigenvalue weighted by atomic mass is 32.2. The van der Waals surface area contributed by atoms with E-state index in [0.717, 1.165) is 18.2 Å². The second-order valence-electron chi connectivity index (χ2n) is 5.80. The van der Waals surface area contributed by atoms with E-state index in [9.17, 15) is 22.4 Å². The third kappa shape index (κ3) is 4.32. The van der Waals surface area contributed by atoms with Gasteiger partial charge in [-0.1, -0.05) is 0 Å². The number of nitrogens with zero attached hydrogens (tertiary/aromatic N) is 2. The number of rotatable bonds is 4. The predicted octanol–water partition coefficient (Wildman–Crippen LogP) is 0.316. The van der Waals surface area contributed by atoms with Gasteiger partial charge in [-0.2, -0.15) is 4.31 Å². The third-order valence-corrected chi connectivity index (χ3v) is 5.92.